The van der Waals surface area contributed by atoms with Gasteiger partial charge in [-0.25, -0.2) is 4.68 Å². The lowest BCUT2D eigenvalue weighted by Crippen LogP contribution is -2.37. The molecule has 2 aromatic rings. The molecule has 1 aromatic heterocycles. The molecular weight excluding hydrogens is 342 g/mol. The van der Waals surface area contributed by atoms with Crippen molar-refractivity contribution in [1.82, 2.24) is 15.0 Å². The number of hydrogen-bond acceptors (Lipinski definition) is 5. The van der Waals surface area contributed by atoms with E-state index in [4.69, 9.17) is 16.3 Å². The normalized spacial score (nSPS) is 15.3. The molecule has 0 saturated carbocycles. The van der Waals surface area contributed by atoms with Crippen molar-refractivity contribution in [1.29, 1.82) is 0 Å². The van der Waals surface area contributed by atoms with Gasteiger partial charge in [0.15, 0.2) is 5.69 Å². The summed E-state index contributed by atoms with van der Waals surface area (Å²) in [6, 6.07) is 5.47. The van der Waals surface area contributed by atoms with Crippen molar-refractivity contribution in [2.75, 3.05) is 36.5 Å². The fourth-order valence-electron chi connectivity index (χ4n) is 2.61. The summed E-state index contributed by atoms with van der Waals surface area (Å²) >= 11 is 6.39. The second-order valence-corrected chi connectivity index (χ2v) is 7.32. The number of morpholine rings is 1. The number of benzene rings is 1. The number of halogens is 1. The van der Waals surface area contributed by atoms with Crippen LogP contribution in [-0.2, 0) is 10.3 Å². The number of hydrogen-bond donors (Lipinski definition) is 1. The van der Waals surface area contributed by atoms with Crippen molar-refractivity contribution in [3.63, 3.8) is 0 Å². The second kappa shape index (κ2) is 7.01. The molecule has 0 spiro atoms. The molecule has 1 amide bonds. The average molecular weight is 364 g/mol. The summed E-state index contributed by atoms with van der Waals surface area (Å²) in [5, 5.41) is 11.5. The topological polar surface area (TPSA) is 72.3 Å². The molecule has 134 valence electrons. The van der Waals surface area contributed by atoms with Gasteiger partial charge in [0.05, 0.1) is 41.3 Å². The number of rotatable bonds is 3. The number of carbonyl (C=O) groups is 1. The third-order valence-corrected chi connectivity index (χ3v) is 4.28. The zero-order valence-corrected chi connectivity index (χ0v) is 15.4. The van der Waals surface area contributed by atoms with Gasteiger partial charge in [0, 0.05) is 13.1 Å². The van der Waals surface area contributed by atoms with Gasteiger partial charge in [-0.2, -0.15) is 0 Å². The summed E-state index contributed by atoms with van der Waals surface area (Å²) in [7, 11) is 0. The van der Waals surface area contributed by atoms with Crippen molar-refractivity contribution in [3.05, 3.63) is 35.1 Å². The van der Waals surface area contributed by atoms with Gasteiger partial charge < -0.3 is 15.0 Å². The molecule has 7 nitrogen and oxygen atoms in total. The Hall–Kier alpha value is -2.12. The highest BCUT2D eigenvalue weighted by Gasteiger charge is 2.22. The van der Waals surface area contributed by atoms with Crippen LogP contribution in [0.3, 0.4) is 0 Å². The average Bonchev–Trinajstić information content (AvgIpc) is 3.06. The predicted molar refractivity (Wildman–Crippen MR) is 97.5 cm³/mol. The van der Waals surface area contributed by atoms with Gasteiger partial charge in [0.25, 0.3) is 5.91 Å². The first-order valence-corrected chi connectivity index (χ1v) is 8.59. The zero-order valence-electron chi connectivity index (χ0n) is 14.6. The van der Waals surface area contributed by atoms with E-state index in [1.807, 2.05) is 39.0 Å². The van der Waals surface area contributed by atoms with E-state index in [0.717, 1.165) is 18.8 Å². The van der Waals surface area contributed by atoms with Gasteiger partial charge in [-0.1, -0.05) is 22.9 Å². The Morgan fingerprint density at radius 1 is 1.28 bits per heavy atom. The first kappa shape index (κ1) is 17.7. The van der Waals surface area contributed by atoms with Crippen molar-refractivity contribution in [3.8, 4) is 0 Å². The number of carbonyl (C=O) groups excluding carboxylic acids is 1. The van der Waals surface area contributed by atoms with E-state index in [1.54, 1.807) is 10.9 Å². The van der Waals surface area contributed by atoms with Crippen LogP contribution in [-0.4, -0.2) is 47.2 Å². The van der Waals surface area contributed by atoms with Crippen LogP contribution in [0, 0.1) is 0 Å². The quantitative estimate of drug-likeness (QED) is 0.907. The molecule has 1 aliphatic rings. The van der Waals surface area contributed by atoms with Crippen LogP contribution < -0.4 is 10.2 Å². The molecular formula is C17H22ClN5O2. The monoisotopic (exact) mass is 363 g/mol. The van der Waals surface area contributed by atoms with Crippen molar-refractivity contribution < 1.29 is 9.53 Å². The summed E-state index contributed by atoms with van der Waals surface area (Å²) in [6.45, 7) is 8.72. The van der Waals surface area contributed by atoms with Crippen LogP contribution in [0.1, 0.15) is 31.3 Å². The highest BCUT2D eigenvalue weighted by molar-refractivity contribution is 6.34. The van der Waals surface area contributed by atoms with E-state index in [1.165, 1.54) is 0 Å². The summed E-state index contributed by atoms with van der Waals surface area (Å²) in [5.74, 6) is -0.313. The fraction of sp³-hybridized carbons (Fsp3) is 0.471. The molecule has 2 heterocycles. The lowest BCUT2D eigenvalue weighted by molar-refractivity contribution is 0.102. The number of ether oxygens (including phenoxy) is 1. The Morgan fingerprint density at radius 3 is 2.64 bits per heavy atom. The van der Waals surface area contributed by atoms with E-state index in [2.05, 4.69) is 20.5 Å². The maximum absolute atomic E-state index is 12.6. The van der Waals surface area contributed by atoms with Crippen molar-refractivity contribution >= 4 is 28.9 Å². The van der Waals surface area contributed by atoms with E-state index >= 15 is 0 Å². The minimum atomic E-state index is -0.313. The standard InChI is InChI=1S/C17H22ClN5O2/c1-17(2,3)23-11-14(20-21-23)16(24)19-13-6-4-5-12(18)15(13)22-7-9-25-10-8-22/h4-6,11H,7-10H2,1-3H3,(H,19,24). The van der Waals surface area contributed by atoms with Crippen LogP contribution in [0.15, 0.2) is 24.4 Å². The summed E-state index contributed by atoms with van der Waals surface area (Å²) in [5.41, 5.74) is 1.50. The van der Waals surface area contributed by atoms with Crippen LogP contribution in [0.4, 0.5) is 11.4 Å². The van der Waals surface area contributed by atoms with E-state index in [0.29, 0.717) is 23.9 Å². The Bertz CT molecular complexity index is 763. The van der Waals surface area contributed by atoms with Gasteiger partial charge in [-0.15, -0.1) is 5.10 Å². The first-order valence-electron chi connectivity index (χ1n) is 8.21. The smallest absolute Gasteiger partial charge is 0.277 e. The Kier molecular flexibility index (Phi) is 4.96. The van der Waals surface area contributed by atoms with Crippen LogP contribution in [0.25, 0.3) is 0 Å². The molecule has 25 heavy (non-hydrogen) atoms. The fourth-order valence-corrected chi connectivity index (χ4v) is 2.90. The van der Waals surface area contributed by atoms with Gasteiger partial charge in [-0.3, -0.25) is 4.79 Å². The third kappa shape index (κ3) is 3.93. The van der Waals surface area contributed by atoms with E-state index < -0.39 is 0 Å². The predicted octanol–water partition coefficient (Wildman–Crippen LogP) is 2.78. The number of nitrogens with zero attached hydrogens (tertiary/aromatic N) is 4. The maximum atomic E-state index is 12.6. The molecule has 1 aliphatic heterocycles. The zero-order chi connectivity index (χ0) is 18.0. The molecule has 0 atom stereocenters. The molecule has 0 radical (unpaired) electrons. The molecule has 8 heteroatoms. The molecule has 0 bridgehead atoms. The molecule has 1 saturated heterocycles. The minimum absolute atomic E-state index is 0.236. The molecule has 1 fully saturated rings. The SMILES string of the molecule is CC(C)(C)n1cc(C(=O)Nc2cccc(Cl)c2N2CCOCC2)nn1. The molecule has 1 aromatic carbocycles. The number of anilines is 2. The molecule has 3 rings (SSSR count). The number of amides is 1. The summed E-state index contributed by atoms with van der Waals surface area (Å²) < 4.78 is 7.06. The third-order valence-electron chi connectivity index (χ3n) is 3.98. The number of aromatic nitrogens is 3. The summed E-state index contributed by atoms with van der Waals surface area (Å²) in [6.07, 6.45) is 1.65. The molecule has 1 N–H and O–H groups in total. The van der Waals surface area contributed by atoms with Crippen LogP contribution >= 0.6 is 11.6 Å². The Balaban J connectivity index is 1.84. The van der Waals surface area contributed by atoms with E-state index in [9.17, 15) is 4.79 Å². The van der Waals surface area contributed by atoms with Crippen molar-refractivity contribution in [2.45, 2.75) is 26.3 Å². The largest absolute Gasteiger partial charge is 0.378 e. The molecule has 0 unspecified atom stereocenters. The Labute approximate surface area is 151 Å². The molecule has 0 aliphatic carbocycles. The lowest BCUT2D eigenvalue weighted by atomic mass is 10.1. The van der Waals surface area contributed by atoms with Gasteiger partial charge >= 0.3 is 0 Å². The maximum Gasteiger partial charge on any atom is 0.277 e. The van der Waals surface area contributed by atoms with Crippen molar-refractivity contribution in [2.24, 2.45) is 0 Å². The van der Waals surface area contributed by atoms with Crippen LogP contribution in [0.2, 0.25) is 5.02 Å². The number of para-hydroxylation sites is 1. The Morgan fingerprint density at radius 2 is 2.00 bits per heavy atom. The lowest BCUT2D eigenvalue weighted by Gasteiger charge is -2.31. The highest BCUT2D eigenvalue weighted by atomic mass is 35.5. The van der Waals surface area contributed by atoms with Crippen LogP contribution in [0.5, 0.6) is 0 Å². The number of nitrogens with one attached hydrogen (secondary N) is 1. The minimum Gasteiger partial charge on any atom is -0.378 e. The van der Waals surface area contributed by atoms with E-state index in [-0.39, 0.29) is 17.1 Å². The second-order valence-electron chi connectivity index (χ2n) is 6.91. The first-order chi connectivity index (χ1) is 11.9. The highest BCUT2D eigenvalue weighted by Crippen LogP contribution is 2.34. The van der Waals surface area contributed by atoms with Gasteiger partial charge in [0.2, 0.25) is 0 Å². The summed E-state index contributed by atoms with van der Waals surface area (Å²) in [4.78, 5) is 14.7. The van der Waals surface area contributed by atoms with Gasteiger partial charge in [0.1, 0.15) is 0 Å². The van der Waals surface area contributed by atoms with Gasteiger partial charge in [-0.05, 0) is 32.9 Å².